The van der Waals surface area contributed by atoms with Crippen molar-refractivity contribution in [2.45, 2.75) is 19.9 Å². The summed E-state index contributed by atoms with van der Waals surface area (Å²) < 4.78 is 15.0. The second-order valence-electron chi connectivity index (χ2n) is 3.91. The van der Waals surface area contributed by atoms with Crippen LogP contribution in [-0.4, -0.2) is 9.55 Å². The summed E-state index contributed by atoms with van der Waals surface area (Å²) >= 11 is 0. The predicted octanol–water partition coefficient (Wildman–Crippen LogP) is 2.34. The summed E-state index contributed by atoms with van der Waals surface area (Å²) in [5, 5.41) is 0. The molecule has 0 spiro atoms. The van der Waals surface area contributed by atoms with E-state index in [0.29, 0.717) is 0 Å². The Morgan fingerprint density at radius 3 is 2.88 bits per heavy atom. The zero-order chi connectivity index (χ0) is 11.7. The SMILES string of the molecule is Cc1ccc(F)cc1-n1cncc1[C@@H](C)N. The normalized spacial score (nSPS) is 12.8. The van der Waals surface area contributed by atoms with E-state index in [2.05, 4.69) is 4.98 Å². The Kier molecular flexibility index (Phi) is 2.75. The van der Waals surface area contributed by atoms with Crippen LogP contribution in [0.1, 0.15) is 24.2 Å². The first-order chi connectivity index (χ1) is 7.59. The van der Waals surface area contributed by atoms with Crippen molar-refractivity contribution in [2.24, 2.45) is 5.73 Å². The fourth-order valence-electron chi connectivity index (χ4n) is 1.69. The molecule has 2 N–H and O–H groups in total. The van der Waals surface area contributed by atoms with E-state index in [1.54, 1.807) is 18.6 Å². The molecule has 2 aromatic rings. The molecule has 1 aromatic carbocycles. The molecule has 0 aliphatic carbocycles. The molecule has 0 saturated heterocycles. The van der Waals surface area contributed by atoms with E-state index >= 15 is 0 Å². The van der Waals surface area contributed by atoms with Crippen molar-refractivity contribution in [3.05, 3.63) is 47.8 Å². The lowest BCUT2D eigenvalue weighted by molar-refractivity contribution is 0.625. The number of imidazole rings is 1. The maximum atomic E-state index is 13.2. The van der Waals surface area contributed by atoms with E-state index in [1.165, 1.54) is 12.1 Å². The molecule has 0 radical (unpaired) electrons. The Morgan fingerprint density at radius 2 is 2.19 bits per heavy atom. The number of rotatable bonds is 2. The highest BCUT2D eigenvalue weighted by atomic mass is 19.1. The first-order valence-electron chi connectivity index (χ1n) is 5.14. The second-order valence-corrected chi connectivity index (χ2v) is 3.91. The molecular weight excluding hydrogens is 205 g/mol. The Hall–Kier alpha value is -1.68. The number of nitrogens with zero attached hydrogens (tertiary/aromatic N) is 2. The second kappa shape index (κ2) is 4.06. The number of hydrogen-bond donors (Lipinski definition) is 1. The molecule has 16 heavy (non-hydrogen) atoms. The maximum Gasteiger partial charge on any atom is 0.125 e. The Balaban J connectivity index is 2.58. The molecule has 0 amide bonds. The van der Waals surface area contributed by atoms with E-state index in [4.69, 9.17) is 5.73 Å². The molecule has 1 heterocycles. The monoisotopic (exact) mass is 219 g/mol. The van der Waals surface area contributed by atoms with Gasteiger partial charge in [-0.1, -0.05) is 6.07 Å². The van der Waals surface area contributed by atoms with Crippen LogP contribution in [0.4, 0.5) is 4.39 Å². The van der Waals surface area contributed by atoms with Crippen LogP contribution >= 0.6 is 0 Å². The molecule has 4 heteroatoms. The summed E-state index contributed by atoms with van der Waals surface area (Å²) in [5.41, 5.74) is 8.47. The van der Waals surface area contributed by atoms with E-state index in [0.717, 1.165) is 16.9 Å². The number of aromatic nitrogens is 2. The molecule has 1 aromatic heterocycles. The third-order valence-corrected chi connectivity index (χ3v) is 2.56. The minimum absolute atomic E-state index is 0.134. The van der Waals surface area contributed by atoms with Gasteiger partial charge in [0.2, 0.25) is 0 Å². The van der Waals surface area contributed by atoms with E-state index in [1.807, 2.05) is 18.4 Å². The van der Waals surface area contributed by atoms with Gasteiger partial charge in [0, 0.05) is 6.04 Å². The number of nitrogens with two attached hydrogens (primary N) is 1. The third kappa shape index (κ3) is 1.84. The fourth-order valence-corrected chi connectivity index (χ4v) is 1.69. The van der Waals surface area contributed by atoms with Crippen molar-refractivity contribution < 1.29 is 4.39 Å². The first-order valence-corrected chi connectivity index (χ1v) is 5.14. The molecular formula is C12H14FN3. The molecule has 3 nitrogen and oxygen atoms in total. The number of hydrogen-bond acceptors (Lipinski definition) is 2. The topological polar surface area (TPSA) is 43.8 Å². The molecule has 0 saturated carbocycles. The van der Waals surface area contributed by atoms with Gasteiger partial charge in [0.05, 0.1) is 23.9 Å². The van der Waals surface area contributed by atoms with Crippen LogP contribution in [0, 0.1) is 12.7 Å². The van der Waals surface area contributed by atoms with Crippen LogP contribution in [0.25, 0.3) is 5.69 Å². The molecule has 0 fully saturated rings. The van der Waals surface area contributed by atoms with Crippen molar-refractivity contribution in [3.63, 3.8) is 0 Å². The molecule has 1 atom stereocenters. The van der Waals surface area contributed by atoms with Crippen LogP contribution in [-0.2, 0) is 0 Å². The number of aryl methyl sites for hydroxylation is 1. The lowest BCUT2D eigenvalue weighted by Crippen LogP contribution is -2.11. The quantitative estimate of drug-likeness (QED) is 0.842. The maximum absolute atomic E-state index is 13.2. The Morgan fingerprint density at radius 1 is 1.44 bits per heavy atom. The molecule has 0 aliphatic rings. The largest absolute Gasteiger partial charge is 0.323 e. The van der Waals surface area contributed by atoms with Crippen LogP contribution in [0.3, 0.4) is 0 Å². The fraction of sp³-hybridized carbons (Fsp3) is 0.250. The third-order valence-electron chi connectivity index (χ3n) is 2.56. The summed E-state index contributed by atoms with van der Waals surface area (Å²) in [6.45, 7) is 3.81. The average Bonchev–Trinajstić information content (AvgIpc) is 2.70. The number of halogens is 1. The summed E-state index contributed by atoms with van der Waals surface area (Å²) in [5.74, 6) is -0.259. The molecule has 2 rings (SSSR count). The average molecular weight is 219 g/mol. The lowest BCUT2D eigenvalue weighted by atomic mass is 10.1. The van der Waals surface area contributed by atoms with E-state index < -0.39 is 0 Å². The predicted molar refractivity (Wildman–Crippen MR) is 60.9 cm³/mol. The van der Waals surface area contributed by atoms with Crippen molar-refractivity contribution in [3.8, 4) is 5.69 Å². The van der Waals surface area contributed by atoms with Crippen LogP contribution in [0.15, 0.2) is 30.7 Å². The first kappa shape index (κ1) is 10.8. The van der Waals surface area contributed by atoms with Gasteiger partial charge in [-0.25, -0.2) is 9.37 Å². The van der Waals surface area contributed by atoms with Gasteiger partial charge in [0.25, 0.3) is 0 Å². The molecule has 0 aliphatic heterocycles. The summed E-state index contributed by atoms with van der Waals surface area (Å²) in [6.07, 6.45) is 3.36. The Bertz CT molecular complexity index is 503. The molecule has 0 bridgehead atoms. The highest BCUT2D eigenvalue weighted by Gasteiger charge is 2.10. The molecule has 84 valence electrons. The smallest absolute Gasteiger partial charge is 0.125 e. The highest BCUT2D eigenvalue weighted by molar-refractivity contribution is 5.42. The summed E-state index contributed by atoms with van der Waals surface area (Å²) in [7, 11) is 0. The van der Waals surface area contributed by atoms with Gasteiger partial charge in [0.15, 0.2) is 0 Å². The van der Waals surface area contributed by atoms with Gasteiger partial charge in [-0.2, -0.15) is 0 Å². The lowest BCUT2D eigenvalue weighted by Gasteiger charge is -2.13. The zero-order valence-corrected chi connectivity index (χ0v) is 9.31. The van der Waals surface area contributed by atoms with Gasteiger partial charge >= 0.3 is 0 Å². The van der Waals surface area contributed by atoms with E-state index in [-0.39, 0.29) is 11.9 Å². The van der Waals surface area contributed by atoms with Crippen molar-refractivity contribution in [2.75, 3.05) is 0 Å². The van der Waals surface area contributed by atoms with Crippen LogP contribution in [0.2, 0.25) is 0 Å². The highest BCUT2D eigenvalue weighted by Crippen LogP contribution is 2.20. The van der Waals surface area contributed by atoms with Gasteiger partial charge in [-0.15, -0.1) is 0 Å². The standard InChI is InChI=1S/C12H14FN3/c1-8-3-4-10(13)5-11(8)16-7-15-6-12(16)9(2)14/h3-7,9H,14H2,1-2H3/t9-/m1/s1. The van der Waals surface area contributed by atoms with Gasteiger partial charge in [-0.3, -0.25) is 0 Å². The summed E-state index contributed by atoms with van der Waals surface area (Å²) in [4.78, 5) is 4.05. The summed E-state index contributed by atoms with van der Waals surface area (Å²) in [6, 6.07) is 4.55. The van der Waals surface area contributed by atoms with Gasteiger partial charge < -0.3 is 10.3 Å². The minimum Gasteiger partial charge on any atom is -0.323 e. The van der Waals surface area contributed by atoms with Crippen molar-refractivity contribution in [1.82, 2.24) is 9.55 Å². The van der Waals surface area contributed by atoms with Gasteiger partial charge in [0.1, 0.15) is 5.82 Å². The van der Waals surface area contributed by atoms with E-state index in [9.17, 15) is 4.39 Å². The van der Waals surface area contributed by atoms with Crippen LogP contribution in [0.5, 0.6) is 0 Å². The zero-order valence-electron chi connectivity index (χ0n) is 9.31. The van der Waals surface area contributed by atoms with Gasteiger partial charge in [-0.05, 0) is 31.5 Å². The van der Waals surface area contributed by atoms with Crippen molar-refractivity contribution in [1.29, 1.82) is 0 Å². The van der Waals surface area contributed by atoms with Crippen molar-refractivity contribution >= 4 is 0 Å². The Labute approximate surface area is 93.7 Å². The van der Waals surface area contributed by atoms with Crippen LogP contribution < -0.4 is 5.73 Å². The minimum atomic E-state index is -0.259. The number of benzene rings is 1. The molecule has 0 unspecified atom stereocenters.